The van der Waals surface area contributed by atoms with Gasteiger partial charge in [0.25, 0.3) is 0 Å². The highest BCUT2D eigenvalue weighted by atomic mass is 16.6. The molecule has 194 valence electrons. The second-order valence-electron chi connectivity index (χ2n) is 11.1. The van der Waals surface area contributed by atoms with E-state index in [1.54, 1.807) is 0 Å². The van der Waals surface area contributed by atoms with Crippen LogP contribution < -0.4 is 0 Å². The Morgan fingerprint density at radius 2 is 1.89 bits per heavy atom. The fourth-order valence-electron chi connectivity index (χ4n) is 5.24. The molecular weight excluding hydrogens is 464 g/mol. The SMILES string of the molecule is CC(C)(C)OC(=O)N(C1CCN(Cc2cccc(/C=C/c3nnn[nH]3)c2)CC1)[C@@H]1C[C@H]1c1ccccc1. The maximum absolute atomic E-state index is 13.3. The molecule has 0 spiro atoms. The van der Waals surface area contributed by atoms with Gasteiger partial charge in [0.15, 0.2) is 5.82 Å². The lowest BCUT2D eigenvalue weighted by Gasteiger charge is -2.39. The zero-order valence-electron chi connectivity index (χ0n) is 21.9. The Morgan fingerprint density at radius 3 is 2.59 bits per heavy atom. The number of carbonyl (C=O) groups excluding carboxylic acids is 1. The molecule has 1 amide bonds. The molecule has 1 aliphatic carbocycles. The molecule has 0 unspecified atom stereocenters. The highest BCUT2D eigenvalue weighted by Gasteiger charge is 2.48. The van der Waals surface area contributed by atoms with E-state index in [1.165, 1.54) is 11.1 Å². The number of hydrogen-bond donors (Lipinski definition) is 1. The molecule has 2 atom stereocenters. The number of aromatic amines is 1. The molecule has 5 rings (SSSR count). The molecule has 2 heterocycles. The van der Waals surface area contributed by atoms with Crippen molar-refractivity contribution in [2.24, 2.45) is 0 Å². The largest absolute Gasteiger partial charge is 0.444 e. The number of aromatic nitrogens is 4. The Balaban J connectivity index is 1.21. The van der Waals surface area contributed by atoms with Crippen LogP contribution in [0.25, 0.3) is 12.2 Å². The number of amides is 1. The third-order valence-corrected chi connectivity index (χ3v) is 7.05. The van der Waals surface area contributed by atoms with E-state index in [9.17, 15) is 4.79 Å². The maximum Gasteiger partial charge on any atom is 0.410 e. The van der Waals surface area contributed by atoms with Gasteiger partial charge in [0.1, 0.15) is 5.60 Å². The minimum Gasteiger partial charge on any atom is -0.444 e. The molecule has 2 aliphatic rings. The fourth-order valence-corrected chi connectivity index (χ4v) is 5.24. The summed E-state index contributed by atoms with van der Waals surface area (Å²) in [5, 5.41) is 13.8. The third-order valence-electron chi connectivity index (χ3n) is 7.05. The van der Waals surface area contributed by atoms with Gasteiger partial charge in [-0.15, -0.1) is 5.10 Å². The summed E-state index contributed by atoms with van der Waals surface area (Å²) in [6, 6.07) is 19.5. The van der Waals surface area contributed by atoms with E-state index in [4.69, 9.17) is 4.74 Å². The first-order valence-corrected chi connectivity index (χ1v) is 13.1. The molecule has 1 saturated heterocycles. The van der Waals surface area contributed by atoms with Crippen molar-refractivity contribution in [3.8, 4) is 0 Å². The molecule has 3 aromatic rings. The summed E-state index contributed by atoms with van der Waals surface area (Å²) in [5.41, 5.74) is 3.19. The Labute approximate surface area is 218 Å². The van der Waals surface area contributed by atoms with Crippen molar-refractivity contribution in [2.75, 3.05) is 13.1 Å². The minimum absolute atomic E-state index is 0.171. The lowest BCUT2D eigenvalue weighted by molar-refractivity contribution is 0.00488. The van der Waals surface area contributed by atoms with Gasteiger partial charge >= 0.3 is 6.09 Å². The van der Waals surface area contributed by atoms with Gasteiger partial charge in [0.05, 0.1) is 0 Å². The summed E-state index contributed by atoms with van der Waals surface area (Å²) in [6.07, 6.45) is 6.63. The molecule has 0 radical (unpaired) electrons. The molecular formula is C29H36N6O2. The molecule has 1 aliphatic heterocycles. The summed E-state index contributed by atoms with van der Waals surface area (Å²) in [7, 11) is 0. The van der Waals surface area contributed by atoms with Crippen LogP contribution in [-0.2, 0) is 11.3 Å². The average Bonchev–Trinajstić information content (AvgIpc) is 3.46. The number of hydrogen-bond acceptors (Lipinski definition) is 6. The molecule has 2 aromatic carbocycles. The van der Waals surface area contributed by atoms with Gasteiger partial charge in [-0.1, -0.05) is 60.7 Å². The molecule has 1 saturated carbocycles. The maximum atomic E-state index is 13.3. The second kappa shape index (κ2) is 10.8. The normalized spacial score (nSPS) is 20.7. The van der Waals surface area contributed by atoms with Crippen molar-refractivity contribution in [2.45, 2.75) is 70.2 Å². The van der Waals surface area contributed by atoms with E-state index in [0.717, 1.165) is 44.5 Å². The number of carbonyl (C=O) groups is 1. The Morgan fingerprint density at radius 1 is 1.11 bits per heavy atom. The van der Waals surface area contributed by atoms with Crippen molar-refractivity contribution in [3.05, 3.63) is 77.1 Å². The Bertz CT molecular complexity index is 1200. The number of likely N-dealkylation sites (tertiary alicyclic amines) is 1. The van der Waals surface area contributed by atoms with Crippen molar-refractivity contribution in [3.63, 3.8) is 0 Å². The monoisotopic (exact) mass is 500 g/mol. The first-order chi connectivity index (χ1) is 17.9. The van der Waals surface area contributed by atoms with Crippen LogP contribution in [-0.4, -0.2) is 67.3 Å². The van der Waals surface area contributed by atoms with Crippen LogP contribution in [0.1, 0.15) is 68.5 Å². The average molecular weight is 501 g/mol. The fraction of sp³-hybridized carbons (Fsp3) is 0.448. The van der Waals surface area contributed by atoms with Gasteiger partial charge in [0, 0.05) is 37.6 Å². The van der Waals surface area contributed by atoms with Crippen LogP contribution in [0.15, 0.2) is 54.6 Å². The van der Waals surface area contributed by atoms with Gasteiger partial charge in [0.2, 0.25) is 0 Å². The molecule has 37 heavy (non-hydrogen) atoms. The molecule has 1 N–H and O–H groups in total. The van der Waals surface area contributed by atoms with E-state index in [-0.39, 0.29) is 18.2 Å². The van der Waals surface area contributed by atoms with E-state index in [2.05, 4.69) is 79.0 Å². The lowest BCUT2D eigenvalue weighted by Crippen LogP contribution is -2.50. The number of nitrogens with one attached hydrogen (secondary N) is 1. The van der Waals surface area contributed by atoms with Gasteiger partial charge in [-0.2, -0.15) is 0 Å². The van der Waals surface area contributed by atoms with Gasteiger partial charge < -0.3 is 9.64 Å². The van der Waals surface area contributed by atoms with Gasteiger partial charge in [-0.25, -0.2) is 9.89 Å². The molecule has 1 aromatic heterocycles. The Kier molecular flexibility index (Phi) is 7.37. The number of ether oxygens (including phenoxy) is 1. The summed E-state index contributed by atoms with van der Waals surface area (Å²) >= 11 is 0. The zero-order valence-corrected chi connectivity index (χ0v) is 21.9. The van der Waals surface area contributed by atoms with E-state index < -0.39 is 5.60 Å². The predicted octanol–water partition coefficient (Wildman–Crippen LogP) is 5.13. The smallest absolute Gasteiger partial charge is 0.410 e. The van der Waals surface area contributed by atoms with Crippen LogP contribution in [0.2, 0.25) is 0 Å². The predicted molar refractivity (Wildman–Crippen MR) is 144 cm³/mol. The number of piperidine rings is 1. The van der Waals surface area contributed by atoms with Crippen molar-refractivity contribution in [1.82, 2.24) is 30.4 Å². The summed E-state index contributed by atoms with van der Waals surface area (Å²) in [4.78, 5) is 17.9. The molecule has 8 nitrogen and oxygen atoms in total. The first-order valence-electron chi connectivity index (χ1n) is 13.1. The molecule has 0 bridgehead atoms. The third kappa shape index (κ3) is 6.63. The second-order valence-corrected chi connectivity index (χ2v) is 11.1. The first kappa shape index (κ1) is 25.1. The van der Waals surface area contributed by atoms with E-state index in [1.807, 2.05) is 39.0 Å². The number of benzene rings is 2. The zero-order chi connectivity index (χ0) is 25.8. The number of H-pyrrole nitrogens is 1. The minimum atomic E-state index is -0.503. The van der Waals surface area contributed by atoms with Gasteiger partial charge in [-0.3, -0.25) is 4.90 Å². The topological polar surface area (TPSA) is 87.2 Å². The Hall–Kier alpha value is -3.52. The van der Waals surface area contributed by atoms with Crippen LogP contribution in [0.5, 0.6) is 0 Å². The van der Waals surface area contributed by atoms with Crippen molar-refractivity contribution < 1.29 is 9.53 Å². The number of tetrazole rings is 1. The number of nitrogens with zero attached hydrogens (tertiary/aromatic N) is 5. The van der Waals surface area contributed by atoms with E-state index >= 15 is 0 Å². The summed E-state index contributed by atoms with van der Waals surface area (Å²) in [6.45, 7) is 8.63. The van der Waals surface area contributed by atoms with Crippen LogP contribution in [0.4, 0.5) is 4.79 Å². The quantitative estimate of drug-likeness (QED) is 0.484. The lowest BCUT2D eigenvalue weighted by atomic mass is 10.0. The van der Waals surface area contributed by atoms with E-state index in [0.29, 0.717) is 11.7 Å². The van der Waals surface area contributed by atoms with Crippen molar-refractivity contribution >= 4 is 18.2 Å². The van der Waals surface area contributed by atoms with Crippen molar-refractivity contribution in [1.29, 1.82) is 0 Å². The van der Waals surface area contributed by atoms with Gasteiger partial charge in [-0.05, 0) is 73.2 Å². The summed E-state index contributed by atoms with van der Waals surface area (Å²) in [5.74, 6) is 1.03. The highest BCUT2D eigenvalue weighted by molar-refractivity contribution is 5.70. The molecule has 2 fully saturated rings. The van der Waals surface area contributed by atoms with Crippen LogP contribution >= 0.6 is 0 Å². The van der Waals surface area contributed by atoms with Crippen LogP contribution in [0, 0.1) is 0 Å². The highest BCUT2D eigenvalue weighted by Crippen LogP contribution is 2.46. The molecule has 8 heteroatoms. The number of rotatable bonds is 7. The summed E-state index contributed by atoms with van der Waals surface area (Å²) < 4.78 is 5.88. The van der Waals surface area contributed by atoms with Crippen LogP contribution in [0.3, 0.4) is 0 Å². The standard InChI is InChI=1S/C29H36N6O2/c1-29(2,3)37-28(36)35(26-19-25(26)23-10-5-4-6-11-23)24-14-16-34(17-15-24)20-22-9-7-8-21(18-22)12-13-27-30-32-33-31-27/h4-13,18,24-26H,14-17,19-20H2,1-3H3,(H,30,31,32,33)/b13-12+/t25-,26+/m0/s1.